The number of nitrogens with one attached hydrogen (secondary N) is 1. The van der Waals surface area contributed by atoms with Crippen molar-refractivity contribution in [1.82, 2.24) is 4.90 Å². The fourth-order valence-corrected chi connectivity index (χ4v) is 1.77. The zero-order valence-electron chi connectivity index (χ0n) is 11.3. The second-order valence-electron chi connectivity index (χ2n) is 4.31. The molecule has 2 amide bonds. The second-order valence-corrected chi connectivity index (χ2v) is 4.31. The first kappa shape index (κ1) is 17.0. The maximum absolute atomic E-state index is 12.3. The van der Waals surface area contributed by atoms with Gasteiger partial charge in [-0.15, -0.1) is 0 Å². The number of hydrogen-bond acceptors (Lipinski definition) is 4. The lowest BCUT2D eigenvalue weighted by atomic mass is 10.1. The molecular weight excluding hydrogens is 284 g/mol. The number of carbonyl (C=O) groups is 2. The maximum Gasteiger partial charge on any atom is 0.251 e. The molecule has 0 aliphatic carbocycles. The summed E-state index contributed by atoms with van der Waals surface area (Å²) in [6, 6.07) is 6.13. The van der Waals surface area contributed by atoms with E-state index < -0.39 is 24.8 Å². The quantitative estimate of drug-likeness (QED) is 0.643. The number of primary amides is 1. The van der Waals surface area contributed by atoms with E-state index in [1.165, 1.54) is 12.1 Å². The van der Waals surface area contributed by atoms with Crippen LogP contribution in [0, 0.1) is 0 Å². The highest BCUT2D eigenvalue weighted by Gasteiger charge is 2.16. The monoisotopic (exact) mass is 301 g/mol. The molecule has 0 aliphatic heterocycles. The highest BCUT2D eigenvalue weighted by atomic mass is 19.3. The van der Waals surface area contributed by atoms with Gasteiger partial charge < -0.3 is 16.2 Å². The third-order valence-electron chi connectivity index (χ3n) is 2.65. The van der Waals surface area contributed by atoms with Crippen molar-refractivity contribution in [3.05, 3.63) is 29.8 Å². The number of nitrogens with two attached hydrogens (primary N) is 1. The molecular formula is C13H17F2N3O3. The Labute approximate surface area is 120 Å². The number of anilines is 1. The predicted molar refractivity (Wildman–Crippen MR) is 73.1 cm³/mol. The first-order chi connectivity index (χ1) is 9.93. The number of benzene rings is 1. The van der Waals surface area contributed by atoms with E-state index in [0.717, 1.165) is 4.90 Å². The zero-order chi connectivity index (χ0) is 15.8. The number of carbonyl (C=O) groups excluding carboxylic acids is 2. The molecule has 0 unspecified atom stereocenters. The van der Waals surface area contributed by atoms with Crippen LogP contribution in [0.5, 0.6) is 0 Å². The van der Waals surface area contributed by atoms with E-state index in [-0.39, 0.29) is 30.9 Å². The molecule has 1 rings (SSSR count). The summed E-state index contributed by atoms with van der Waals surface area (Å²) < 4.78 is 24.7. The lowest BCUT2D eigenvalue weighted by Gasteiger charge is -2.20. The second kappa shape index (κ2) is 8.28. The fraction of sp³-hybridized carbons (Fsp3) is 0.385. The van der Waals surface area contributed by atoms with Crippen molar-refractivity contribution in [3.63, 3.8) is 0 Å². The summed E-state index contributed by atoms with van der Waals surface area (Å²) in [5.41, 5.74) is 5.52. The van der Waals surface area contributed by atoms with Crippen LogP contribution in [0.3, 0.4) is 0 Å². The largest absolute Gasteiger partial charge is 0.395 e. The Bertz CT molecular complexity index is 497. The molecule has 0 saturated carbocycles. The standard InChI is InChI=1S/C13H17F2N3O3/c14-11(15)7-18(5-6-19)8-12(20)17-10-4-2-1-3-9(10)13(16)21/h1-4,11,19H,5-8H2,(H2,16,21)(H,17,20). The van der Waals surface area contributed by atoms with Gasteiger partial charge in [-0.25, -0.2) is 8.78 Å². The molecule has 0 bridgehead atoms. The summed E-state index contributed by atoms with van der Waals surface area (Å²) in [4.78, 5) is 24.1. The fourth-order valence-electron chi connectivity index (χ4n) is 1.77. The number of alkyl halides is 2. The number of aliphatic hydroxyl groups excluding tert-OH is 1. The van der Waals surface area contributed by atoms with Crippen molar-refractivity contribution in [2.45, 2.75) is 6.43 Å². The van der Waals surface area contributed by atoms with E-state index in [2.05, 4.69) is 5.32 Å². The molecule has 0 spiro atoms. The molecule has 1 aromatic rings. The molecule has 6 nitrogen and oxygen atoms in total. The van der Waals surface area contributed by atoms with Gasteiger partial charge in [-0.1, -0.05) is 12.1 Å². The molecule has 0 radical (unpaired) electrons. The van der Waals surface area contributed by atoms with Crippen molar-refractivity contribution >= 4 is 17.5 Å². The molecule has 4 N–H and O–H groups in total. The summed E-state index contributed by atoms with van der Waals surface area (Å²) in [6.07, 6.45) is -2.61. The summed E-state index contributed by atoms with van der Waals surface area (Å²) in [6.45, 7) is -1.32. The van der Waals surface area contributed by atoms with E-state index >= 15 is 0 Å². The molecule has 0 aliphatic rings. The number of halogens is 2. The molecule has 0 atom stereocenters. The van der Waals surface area contributed by atoms with Gasteiger partial charge in [-0.3, -0.25) is 14.5 Å². The van der Waals surface area contributed by atoms with Gasteiger partial charge in [0, 0.05) is 6.54 Å². The van der Waals surface area contributed by atoms with Crippen LogP contribution in [0.4, 0.5) is 14.5 Å². The van der Waals surface area contributed by atoms with Crippen LogP contribution in [0.15, 0.2) is 24.3 Å². The Hall–Kier alpha value is -2.06. The summed E-state index contributed by atoms with van der Waals surface area (Å²) in [7, 11) is 0. The Morgan fingerprint density at radius 2 is 2.00 bits per heavy atom. The zero-order valence-corrected chi connectivity index (χ0v) is 11.3. The Kier molecular flexibility index (Phi) is 6.70. The summed E-state index contributed by atoms with van der Waals surface area (Å²) in [5.74, 6) is -1.27. The van der Waals surface area contributed by atoms with E-state index in [0.29, 0.717) is 0 Å². The number of amides is 2. The summed E-state index contributed by atoms with van der Waals surface area (Å²) in [5, 5.41) is 11.2. The van der Waals surface area contributed by atoms with Crippen molar-refractivity contribution in [2.24, 2.45) is 5.73 Å². The summed E-state index contributed by atoms with van der Waals surface area (Å²) >= 11 is 0. The van der Waals surface area contributed by atoms with Crippen LogP contribution in [-0.4, -0.2) is 54.5 Å². The normalized spacial score (nSPS) is 10.9. The molecule has 0 heterocycles. The van der Waals surface area contributed by atoms with E-state index in [1.54, 1.807) is 12.1 Å². The van der Waals surface area contributed by atoms with Crippen LogP contribution >= 0.6 is 0 Å². The minimum atomic E-state index is -2.61. The van der Waals surface area contributed by atoms with Crippen molar-refractivity contribution in [3.8, 4) is 0 Å². The number of para-hydroxylation sites is 1. The Balaban J connectivity index is 2.70. The molecule has 0 aromatic heterocycles. The van der Waals surface area contributed by atoms with Gasteiger partial charge >= 0.3 is 0 Å². The average molecular weight is 301 g/mol. The predicted octanol–water partition coefficient (Wildman–Crippen LogP) is 0.283. The molecule has 116 valence electrons. The van der Waals surface area contributed by atoms with Crippen molar-refractivity contribution in [2.75, 3.05) is 31.6 Å². The number of rotatable bonds is 8. The minimum absolute atomic E-state index is 0.0464. The highest BCUT2D eigenvalue weighted by Crippen LogP contribution is 2.14. The minimum Gasteiger partial charge on any atom is -0.395 e. The first-order valence-corrected chi connectivity index (χ1v) is 6.24. The molecule has 1 aromatic carbocycles. The van der Waals surface area contributed by atoms with Crippen LogP contribution in [0.2, 0.25) is 0 Å². The van der Waals surface area contributed by atoms with Gasteiger partial charge in [0.15, 0.2) is 0 Å². The van der Waals surface area contributed by atoms with Gasteiger partial charge in [0.25, 0.3) is 12.3 Å². The maximum atomic E-state index is 12.3. The highest BCUT2D eigenvalue weighted by molar-refractivity contribution is 6.03. The van der Waals surface area contributed by atoms with Crippen molar-refractivity contribution in [1.29, 1.82) is 0 Å². The Morgan fingerprint density at radius 3 is 2.57 bits per heavy atom. The van der Waals surface area contributed by atoms with Gasteiger partial charge in [0.2, 0.25) is 5.91 Å². The van der Waals surface area contributed by atoms with E-state index in [4.69, 9.17) is 10.8 Å². The third kappa shape index (κ3) is 5.84. The molecule has 0 fully saturated rings. The average Bonchev–Trinajstić information content (AvgIpc) is 2.38. The lowest BCUT2D eigenvalue weighted by molar-refractivity contribution is -0.117. The Morgan fingerprint density at radius 1 is 1.33 bits per heavy atom. The first-order valence-electron chi connectivity index (χ1n) is 6.24. The van der Waals surface area contributed by atoms with E-state index in [9.17, 15) is 18.4 Å². The van der Waals surface area contributed by atoms with Gasteiger partial charge in [-0.2, -0.15) is 0 Å². The molecule has 8 heteroatoms. The third-order valence-corrected chi connectivity index (χ3v) is 2.65. The molecule has 0 saturated heterocycles. The van der Waals surface area contributed by atoms with Crippen molar-refractivity contribution < 1.29 is 23.5 Å². The van der Waals surface area contributed by atoms with Gasteiger partial charge in [-0.05, 0) is 12.1 Å². The van der Waals surface area contributed by atoms with Crippen LogP contribution in [-0.2, 0) is 4.79 Å². The van der Waals surface area contributed by atoms with Crippen LogP contribution < -0.4 is 11.1 Å². The van der Waals surface area contributed by atoms with Crippen LogP contribution in [0.25, 0.3) is 0 Å². The van der Waals surface area contributed by atoms with E-state index in [1.807, 2.05) is 0 Å². The number of hydrogen-bond donors (Lipinski definition) is 3. The molecule has 21 heavy (non-hydrogen) atoms. The lowest BCUT2D eigenvalue weighted by Crippen LogP contribution is -2.38. The number of aliphatic hydroxyl groups is 1. The van der Waals surface area contributed by atoms with Gasteiger partial charge in [0.1, 0.15) is 0 Å². The van der Waals surface area contributed by atoms with Crippen LogP contribution in [0.1, 0.15) is 10.4 Å². The number of nitrogens with zero attached hydrogens (tertiary/aromatic N) is 1. The topological polar surface area (TPSA) is 95.7 Å². The SMILES string of the molecule is NC(=O)c1ccccc1NC(=O)CN(CCO)CC(F)F. The smallest absolute Gasteiger partial charge is 0.251 e. The van der Waals surface area contributed by atoms with Gasteiger partial charge in [0.05, 0.1) is 30.9 Å².